The summed E-state index contributed by atoms with van der Waals surface area (Å²) < 4.78 is 37.1. The number of carbonyl (C=O) groups is 2. The number of H-pyrrole nitrogens is 1. The molecule has 0 aromatic carbocycles. The molecule has 5 N–H and O–H groups in total. The van der Waals surface area contributed by atoms with Gasteiger partial charge in [0.15, 0.2) is 0 Å². The highest BCUT2D eigenvalue weighted by Gasteiger charge is 2.34. The summed E-state index contributed by atoms with van der Waals surface area (Å²) in [5.41, 5.74) is 9.77. The van der Waals surface area contributed by atoms with Gasteiger partial charge in [-0.1, -0.05) is 0 Å². The molecule has 1 aliphatic heterocycles. The van der Waals surface area contributed by atoms with Gasteiger partial charge in [0.25, 0.3) is 5.91 Å². The molecule has 1 aliphatic rings. The zero-order valence-electron chi connectivity index (χ0n) is 15.1. The number of aromatic nitrogens is 2. The first-order valence-corrected chi connectivity index (χ1v) is 8.79. The average molecular weight is 398 g/mol. The van der Waals surface area contributed by atoms with Gasteiger partial charge in [0.05, 0.1) is 17.2 Å². The fourth-order valence-corrected chi connectivity index (χ4v) is 3.27. The highest BCUT2D eigenvalue weighted by atomic mass is 19.4. The van der Waals surface area contributed by atoms with Crippen molar-refractivity contribution in [2.24, 2.45) is 11.7 Å². The molecule has 0 aliphatic carbocycles. The van der Waals surface area contributed by atoms with Gasteiger partial charge in [0, 0.05) is 30.4 Å². The van der Waals surface area contributed by atoms with Crippen LogP contribution in [0.4, 0.5) is 18.9 Å². The van der Waals surface area contributed by atoms with Crippen molar-refractivity contribution in [2.75, 3.05) is 18.5 Å². The Bertz CT molecular complexity index is 881. The molecule has 0 spiro atoms. The van der Waals surface area contributed by atoms with Crippen molar-refractivity contribution in [1.82, 2.24) is 20.3 Å². The van der Waals surface area contributed by atoms with Crippen LogP contribution in [-0.4, -0.2) is 52.1 Å². The quantitative estimate of drug-likeness (QED) is 0.613. The van der Waals surface area contributed by atoms with E-state index >= 15 is 0 Å². The Morgan fingerprint density at radius 2 is 2.14 bits per heavy atom. The maximum absolute atomic E-state index is 12.4. The summed E-state index contributed by atoms with van der Waals surface area (Å²) in [6.07, 6.45) is -0.360. The van der Waals surface area contributed by atoms with Crippen LogP contribution >= 0.6 is 0 Å². The average Bonchev–Trinajstić information content (AvgIpc) is 3.10. The van der Waals surface area contributed by atoms with Crippen LogP contribution in [0, 0.1) is 5.92 Å². The van der Waals surface area contributed by atoms with Gasteiger partial charge in [-0.25, -0.2) is 9.99 Å². The zero-order valence-corrected chi connectivity index (χ0v) is 15.1. The molecule has 3 rings (SSSR count). The van der Waals surface area contributed by atoms with Crippen molar-refractivity contribution in [1.29, 1.82) is 0 Å². The largest absolute Gasteiger partial charge is 0.405 e. The minimum atomic E-state index is -4.46. The molecule has 2 amide bonds. The second kappa shape index (κ2) is 7.66. The molecular weight excluding hydrogens is 377 g/mol. The number of amides is 2. The van der Waals surface area contributed by atoms with E-state index in [0.29, 0.717) is 29.6 Å². The van der Waals surface area contributed by atoms with Crippen LogP contribution in [0.25, 0.3) is 11.0 Å². The minimum absolute atomic E-state index is 0.00505. The van der Waals surface area contributed by atoms with Gasteiger partial charge in [-0.2, -0.15) is 13.2 Å². The van der Waals surface area contributed by atoms with Gasteiger partial charge >= 0.3 is 6.18 Å². The number of pyridine rings is 1. The lowest BCUT2D eigenvalue weighted by Crippen LogP contribution is -2.50. The Balaban J connectivity index is 1.79. The number of nitrogens with zero attached hydrogens (tertiary/aromatic N) is 2. The first-order chi connectivity index (χ1) is 13.2. The number of anilines is 1. The Kier molecular flexibility index (Phi) is 5.45. The van der Waals surface area contributed by atoms with Gasteiger partial charge in [0.1, 0.15) is 12.2 Å². The van der Waals surface area contributed by atoms with Crippen LogP contribution < -0.4 is 16.5 Å². The number of rotatable bonds is 5. The maximum atomic E-state index is 12.4. The molecule has 2 aromatic heterocycles. The van der Waals surface area contributed by atoms with E-state index in [0.717, 1.165) is 0 Å². The lowest BCUT2D eigenvalue weighted by atomic mass is 9.94. The number of hydrogen-bond acceptors (Lipinski definition) is 5. The van der Waals surface area contributed by atoms with Gasteiger partial charge in [-0.05, 0) is 25.8 Å². The minimum Gasteiger partial charge on any atom is -0.365 e. The lowest BCUT2D eigenvalue weighted by Gasteiger charge is -2.38. The number of hydrazine groups is 1. The number of alkyl halides is 3. The number of nitrogens with one attached hydrogen (secondary N) is 3. The topological polar surface area (TPSA) is 116 Å². The fraction of sp³-hybridized carbons (Fsp3) is 0.471. The summed E-state index contributed by atoms with van der Waals surface area (Å²) in [5.74, 6) is -1.92. The first kappa shape index (κ1) is 19.9. The molecule has 1 saturated heterocycles. The van der Waals surface area contributed by atoms with E-state index in [2.05, 4.69) is 15.4 Å². The fourth-order valence-electron chi connectivity index (χ4n) is 3.27. The summed E-state index contributed by atoms with van der Waals surface area (Å²) >= 11 is 0. The third kappa shape index (κ3) is 4.35. The smallest absolute Gasteiger partial charge is 0.365 e. The van der Waals surface area contributed by atoms with Crippen molar-refractivity contribution < 1.29 is 22.8 Å². The molecule has 11 heteroatoms. The molecule has 0 unspecified atom stereocenters. The van der Waals surface area contributed by atoms with Gasteiger partial charge in [0.2, 0.25) is 5.91 Å². The molecule has 1 fully saturated rings. The van der Waals surface area contributed by atoms with Crippen LogP contribution in [-0.2, 0) is 4.79 Å². The third-order valence-corrected chi connectivity index (χ3v) is 4.82. The summed E-state index contributed by atoms with van der Waals surface area (Å²) in [7, 11) is 0. The Labute approximate surface area is 158 Å². The van der Waals surface area contributed by atoms with E-state index in [-0.39, 0.29) is 18.2 Å². The number of piperidine rings is 1. The van der Waals surface area contributed by atoms with Crippen LogP contribution in [0.1, 0.15) is 30.1 Å². The Hall–Kier alpha value is -2.82. The van der Waals surface area contributed by atoms with Crippen molar-refractivity contribution in [2.45, 2.75) is 32.0 Å². The maximum Gasteiger partial charge on any atom is 0.405 e. The first-order valence-electron chi connectivity index (χ1n) is 8.79. The monoisotopic (exact) mass is 398 g/mol. The van der Waals surface area contributed by atoms with Crippen molar-refractivity contribution >= 4 is 28.5 Å². The molecule has 8 nitrogen and oxygen atoms in total. The van der Waals surface area contributed by atoms with E-state index < -0.39 is 30.5 Å². The van der Waals surface area contributed by atoms with Gasteiger partial charge in [-0.15, -0.1) is 0 Å². The van der Waals surface area contributed by atoms with Gasteiger partial charge < -0.3 is 21.5 Å². The molecule has 28 heavy (non-hydrogen) atoms. The number of nitrogens with two attached hydrogens (primary N) is 1. The second-order valence-electron chi connectivity index (χ2n) is 6.87. The van der Waals surface area contributed by atoms with Crippen LogP contribution in [0.15, 0.2) is 18.5 Å². The van der Waals surface area contributed by atoms with E-state index in [9.17, 15) is 22.8 Å². The normalized spacial score (nSPS) is 20.9. The summed E-state index contributed by atoms with van der Waals surface area (Å²) in [5, 5.41) is 4.33. The van der Waals surface area contributed by atoms with E-state index in [1.54, 1.807) is 17.3 Å². The van der Waals surface area contributed by atoms with Crippen LogP contribution in [0.3, 0.4) is 0 Å². The molecule has 0 saturated carbocycles. The SMILES string of the molecule is C[C@H]1CC[C@H](C(=O)NCC(F)(F)F)CN1Nc1c(C(N)=O)cnc2[nH]ccc12. The highest BCUT2D eigenvalue weighted by Crippen LogP contribution is 2.29. The number of hydrogen-bond donors (Lipinski definition) is 4. The number of aromatic amines is 1. The van der Waals surface area contributed by atoms with Crippen molar-refractivity contribution in [3.05, 3.63) is 24.0 Å². The zero-order chi connectivity index (χ0) is 20.5. The number of primary amides is 1. The molecule has 0 radical (unpaired) electrons. The number of carbonyl (C=O) groups excluding carboxylic acids is 2. The van der Waals surface area contributed by atoms with Crippen LogP contribution in [0.5, 0.6) is 0 Å². The van der Waals surface area contributed by atoms with Crippen molar-refractivity contribution in [3.8, 4) is 0 Å². The predicted molar refractivity (Wildman–Crippen MR) is 96.2 cm³/mol. The number of fused-ring (bicyclic) bond motifs is 1. The summed E-state index contributed by atoms with van der Waals surface area (Å²) in [6.45, 7) is 0.763. The third-order valence-electron chi connectivity index (χ3n) is 4.82. The lowest BCUT2D eigenvalue weighted by molar-refractivity contribution is -0.142. The molecule has 2 atom stereocenters. The van der Waals surface area contributed by atoms with E-state index in [1.807, 2.05) is 12.2 Å². The molecular formula is C17H21F3N6O2. The predicted octanol–water partition coefficient (Wildman–Crippen LogP) is 1.77. The summed E-state index contributed by atoms with van der Waals surface area (Å²) in [4.78, 5) is 31.0. The van der Waals surface area contributed by atoms with Crippen LogP contribution in [0.2, 0.25) is 0 Å². The van der Waals surface area contributed by atoms with Crippen molar-refractivity contribution in [3.63, 3.8) is 0 Å². The summed E-state index contributed by atoms with van der Waals surface area (Å²) in [6, 6.07) is 1.73. The highest BCUT2D eigenvalue weighted by molar-refractivity contribution is 6.05. The number of halogens is 3. The Morgan fingerprint density at radius 3 is 2.82 bits per heavy atom. The standard InChI is InChI=1S/C17H21F3N6O2/c1-9-2-3-10(16(28)24-8-17(18,19)20)7-26(9)25-13-11-4-5-22-15(11)23-6-12(13)14(21)27/h4-6,9-10H,2-3,7-8H2,1H3,(H2,21,27)(H,24,28)(H2,22,23,25)/t9-,10-/m0/s1. The van der Waals surface area contributed by atoms with E-state index in [1.165, 1.54) is 6.20 Å². The molecule has 152 valence electrons. The second-order valence-corrected chi connectivity index (χ2v) is 6.87. The molecule has 2 aromatic rings. The van der Waals surface area contributed by atoms with E-state index in [4.69, 9.17) is 5.73 Å². The molecule has 0 bridgehead atoms. The van der Waals surface area contributed by atoms with Gasteiger partial charge in [-0.3, -0.25) is 9.59 Å². The Morgan fingerprint density at radius 1 is 1.39 bits per heavy atom. The molecule has 3 heterocycles.